The summed E-state index contributed by atoms with van der Waals surface area (Å²) in [6.07, 6.45) is 1.23. The van der Waals surface area contributed by atoms with Gasteiger partial charge in [0.1, 0.15) is 11.6 Å². The molecule has 100 valence electrons. The number of rotatable bonds is 4. The van der Waals surface area contributed by atoms with Crippen LogP contribution in [0.3, 0.4) is 0 Å². The number of anilines is 2. The summed E-state index contributed by atoms with van der Waals surface area (Å²) in [5.41, 5.74) is 0. The van der Waals surface area contributed by atoms with Crippen LogP contribution in [-0.4, -0.2) is 49.2 Å². The Balaban J connectivity index is 1.96. The maximum Gasteiger partial charge on any atom is 0.131 e. The first-order chi connectivity index (χ1) is 8.74. The van der Waals surface area contributed by atoms with E-state index in [-0.39, 0.29) is 0 Å². The fourth-order valence-corrected chi connectivity index (χ4v) is 2.39. The minimum atomic E-state index is 0.698. The molecule has 0 aliphatic carbocycles. The average Bonchev–Trinajstić information content (AvgIpc) is 2.46. The Morgan fingerprint density at radius 2 is 2.00 bits per heavy atom. The van der Waals surface area contributed by atoms with Gasteiger partial charge in [0.15, 0.2) is 0 Å². The van der Waals surface area contributed by atoms with Crippen molar-refractivity contribution < 1.29 is 0 Å². The minimum Gasteiger partial charge on any atom is -0.373 e. The molecule has 1 N–H and O–H groups in total. The molecule has 0 spiro atoms. The second-order valence-corrected chi connectivity index (χ2v) is 4.91. The Kier molecular flexibility index (Phi) is 4.42. The van der Waals surface area contributed by atoms with Crippen LogP contribution in [0.1, 0.15) is 20.3 Å². The molecule has 4 heteroatoms. The van der Waals surface area contributed by atoms with Gasteiger partial charge in [-0.15, -0.1) is 0 Å². The summed E-state index contributed by atoms with van der Waals surface area (Å²) in [6, 6.07) is 6.86. The minimum absolute atomic E-state index is 0.698. The lowest BCUT2D eigenvalue weighted by Crippen LogP contribution is -2.49. The van der Waals surface area contributed by atoms with Crippen molar-refractivity contribution in [2.24, 2.45) is 0 Å². The molecule has 1 fully saturated rings. The molecule has 0 saturated carbocycles. The Hall–Kier alpha value is -1.29. The zero-order valence-electron chi connectivity index (χ0n) is 11.7. The molecule has 4 nitrogen and oxygen atoms in total. The highest BCUT2D eigenvalue weighted by Gasteiger charge is 2.20. The highest BCUT2D eigenvalue weighted by atomic mass is 15.3. The van der Waals surface area contributed by atoms with Crippen molar-refractivity contribution in [2.75, 3.05) is 43.4 Å². The maximum absolute atomic E-state index is 4.60. The van der Waals surface area contributed by atoms with Gasteiger partial charge in [0.2, 0.25) is 0 Å². The topological polar surface area (TPSA) is 31.4 Å². The number of nitrogens with zero attached hydrogens (tertiary/aromatic N) is 3. The lowest BCUT2D eigenvalue weighted by Gasteiger charge is -2.38. The monoisotopic (exact) mass is 248 g/mol. The Labute approximate surface area is 110 Å². The van der Waals surface area contributed by atoms with Crippen LogP contribution < -0.4 is 10.2 Å². The van der Waals surface area contributed by atoms with Crippen molar-refractivity contribution in [1.82, 2.24) is 9.88 Å². The summed E-state index contributed by atoms with van der Waals surface area (Å²) >= 11 is 0. The quantitative estimate of drug-likeness (QED) is 0.883. The first kappa shape index (κ1) is 13.1. The first-order valence-corrected chi connectivity index (χ1v) is 6.88. The van der Waals surface area contributed by atoms with E-state index in [0.29, 0.717) is 6.04 Å². The number of piperazine rings is 1. The summed E-state index contributed by atoms with van der Waals surface area (Å²) < 4.78 is 0. The van der Waals surface area contributed by atoms with E-state index in [1.165, 1.54) is 6.42 Å². The van der Waals surface area contributed by atoms with Crippen LogP contribution in [0.25, 0.3) is 0 Å². The van der Waals surface area contributed by atoms with Gasteiger partial charge in [0.25, 0.3) is 0 Å². The van der Waals surface area contributed by atoms with Crippen molar-refractivity contribution in [3.8, 4) is 0 Å². The van der Waals surface area contributed by atoms with E-state index in [0.717, 1.165) is 37.8 Å². The normalized spacial score (nSPS) is 18.7. The third-order valence-corrected chi connectivity index (χ3v) is 3.84. The lowest BCUT2D eigenvalue weighted by molar-refractivity contribution is 0.192. The van der Waals surface area contributed by atoms with Crippen molar-refractivity contribution in [3.63, 3.8) is 0 Å². The molecular formula is C14H24N4. The third-order valence-electron chi connectivity index (χ3n) is 3.84. The van der Waals surface area contributed by atoms with Crippen LogP contribution in [0, 0.1) is 0 Å². The van der Waals surface area contributed by atoms with E-state index >= 15 is 0 Å². The second kappa shape index (κ2) is 6.05. The molecule has 1 unspecified atom stereocenters. The van der Waals surface area contributed by atoms with Crippen molar-refractivity contribution in [3.05, 3.63) is 18.2 Å². The number of nitrogens with one attached hydrogen (secondary N) is 1. The Morgan fingerprint density at radius 1 is 1.28 bits per heavy atom. The molecule has 1 aromatic rings. The molecular weight excluding hydrogens is 224 g/mol. The van der Waals surface area contributed by atoms with Gasteiger partial charge in [-0.1, -0.05) is 13.0 Å². The van der Waals surface area contributed by atoms with Crippen molar-refractivity contribution in [2.45, 2.75) is 26.3 Å². The second-order valence-electron chi connectivity index (χ2n) is 4.91. The average molecular weight is 248 g/mol. The van der Waals surface area contributed by atoms with Crippen molar-refractivity contribution in [1.29, 1.82) is 0 Å². The zero-order chi connectivity index (χ0) is 13.0. The summed E-state index contributed by atoms with van der Waals surface area (Å²) in [4.78, 5) is 9.54. The van der Waals surface area contributed by atoms with Crippen LogP contribution in [0.4, 0.5) is 11.6 Å². The van der Waals surface area contributed by atoms with E-state index in [1.807, 2.05) is 13.1 Å². The molecule has 0 radical (unpaired) electrons. The molecule has 0 bridgehead atoms. The third kappa shape index (κ3) is 2.93. The number of hydrogen-bond acceptors (Lipinski definition) is 4. The van der Waals surface area contributed by atoms with Gasteiger partial charge in [0, 0.05) is 39.3 Å². The van der Waals surface area contributed by atoms with Crippen LogP contribution in [0.2, 0.25) is 0 Å². The molecule has 0 aromatic carbocycles. The van der Waals surface area contributed by atoms with Gasteiger partial charge in [-0.3, -0.25) is 4.90 Å². The molecule has 1 atom stereocenters. The summed E-state index contributed by atoms with van der Waals surface area (Å²) in [6.45, 7) is 9.00. The van der Waals surface area contributed by atoms with E-state index in [9.17, 15) is 0 Å². The fourth-order valence-electron chi connectivity index (χ4n) is 2.39. The van der Waals surface area contributed by atoms with Gasteiger partial charge in [0.05, 0.1) is 0 Å². The van der Waals surface area contributed by atoms with Gasteiger partial charge in [-0.2, -0.15) is 0 Å². The summed E-state index contributed by atoms with van der Waals surface area (Å²) in [5, 5.41) is 3.09. The molecule has 1 aromatic heterocycles. The predicted octanol–water partition coefficient (Wildman–Crippen LogP) is 2.04. The van der Waals surface area contributed by atoms with Gasteiger partial charge in [-0.05, 0) is 25.5 Å². The Morgan fingerprint density at radius 3 is 2.61 bits per heavy atom. The van der Waals surface area contributed by atoms with Crippen LogP contribution >= 0.6 is 0 Å². The molecule has 1 aliphatic heterocycles. The summed E-state index contributed by atoms with van der Waals surface area (Å²) in [5.74, 6) is 2.03. The SMILES string of the molecule is CCC(C)N1CCN(c2cccc(NC)n2)CC1. The smallest absolute Gasteiger partial charge is 0.131 e. The van der Waals surface area contributed by atoms with Crippen LogP contribution in [-0.2, 0) is 0 Å². The lowest BCUT2D eigenvalue weighted by atomic mass is 10.2. The fraction of sp³-hybridized carbons (Fsp3) is 0.643. The van der Waals surface area contributed by atoms with E-state index < -0.39 is 0 Å². The van der Waals surface area contributed by atoms with E-state index in [2.05, 4.69) is 46.1 Å². The summed E-state index contributed by atoms with van der Waals surface area (Å²) in [7, 11) is 1.91. The van der Waals surface area contributed by atoms with E-state index in [1.54, 1.807) is 0 Å². The van der Waals surface area contributed by atoms with Gasteiger partial charge >= 0.3 is 0 Å². The molecule has 2 rings (SSSR count). The standard InChI is InChI=1S/C14H24N4/c1-4-12(2)17-8-10-18(11-9-17)14-7-5-6-13(15-3)16-14/h5-7,12H,4,8-11H2,1-3H3,(H,15,16). The maximum atomic E-state index is 4.60. The zero-order valence-corrected chi connectivity index (χ0v) is 11.7. The molecule has 0 amide bonds. The van der Waals surface area contributed by atoms with Crippen LogP contribution in [0.15, 0.2) is 18.2 Å². The molecule has 1 saturated heterocycles. The molecule has 18 heavy (non-hydrogen) atoms. The van der Waals surface area contributed by atoms with Crippen LogP contribution in [0.5, 0.6) is 0 Å². The molecule has 2 heterocycles. The van der Waals surface area contributed by atoms with E-state index in [4.69, 9.17) is 0 Å². The number of pyridine rings is 1. The predicted molar refractivity (Wildman–Crippen MR) is 77.3 cm³/mol. The Bertz CT molecular complexity index is 372. The largest absolute Gasteiger partial charge is 0.373 e. The van der Waals surface area contributed by atoms with Crippen molar-refractivity contribution >= 4 is 11.6 Å². The highest BCUT2D eigenvalue weighted by molar-refractivity contribution is 5.47. The number of aromatic nitrogens is 1. The van der Waals surface area contributed by atoms with Gasteiger partial charge < -0.3 is 10.2 Å². The molecule has 1 aliphatic rings. The number of hydrogen-bond donors (Lipinski definition) is 1. The highest BCUT2D eigenvalue weighted by Crippen LogP contribution is 2.17. The van der Waals surface area contributed by atoms with Gasteiger partial charge in [-0.25, -0.2) is 4.98 Å². The first-order valence-electron chi connectivity index (χ1n) is 6.88.